The van der Waals surface area contributed by atoms with Crippen molar-refractivity contribution in [2.45, 2.75) is 45.6 Å². The van der Waals surface area contributed by atoms with E-state index in [9.17, 15) is 10.1 Å². The van der Waals surface area contributed by atoms with Crippen LogP contribution >= 0.6 is 0 Å². The molecule has 1 aliphatic rings. The van der Waals surface area contributed by atoms with Crippen LogP contribution in [0.1, 0.15) is 39.5 Å². The van der Waals surface area contributed by atoms with Gasteiger partial charge in [-0.05, 0) is 37.2 Å². The third kappa shape index (κ3) is 2.84. The maximum atomic E-state index is 11.0. The van der Waals surface area contributed by atoms with Crippen LogP contribution in [0, 0.1) is 15.5 Å². The number of hydrogen-bond donors (Lipinski definition) is 1. The van der Waals surface area contributed by atoms with Gasteiger partial charge in [0.2, 0.25) is 0 Å². The van der Waals surface area contributed by atoms with Gasteiger partial charge in [0, 0.05) is 12.1 Å². The highest BCUT2D eigenvalue weighted by Gasteiger charge is 2.27. The summed E-state index contributed by atoms with van der Waals surface area (Å²) in [7, 11) is 0. The number of nitrogens with one attached hydrogen (secondary N) is 1. The van der Waals surface area contributed by atoms with Gasteiger partial charge in [0.1, 0.15) is 0 Å². The van der Waals surface area contributed by atoms with Crippen LogP contribution in [-0.2, 0) is 0 Å². The molecule has 1 aromatic carbocycles. The molecule has 21 heavy (non-hydrogen) atoms. The van der Waals surface area contributed by atoms with E-state index in [1.165, 1.54) is 6.07 Å². The predicted octanol–water partition coefficient (Wildman–Crippen LogP) is 4.12. The number of benzene rings is 1. The molecule has 0 saturated heterocycles. The van der Waals surface area contributed by atoms with Gasteiger partial charge in [-0.2, -0.15) is 4.98 Å². The zero-order valence-corrected chi connectivity index (χ0v) is 12.3. The largest absolute Gasteiger partial charge is 0.423 e. The molecule has 1 saturated carbocycles. The first-order chi connectivity index (χ1) is 9.94. The van der Waals surface area contributed by atoms with E-state index in [1.54, 1.807) is 12.1 Å². The molecule has 2 aromatic rings. The smallest absolute Gasteiger partial charge is 0.298 e. The summed E-state index contributed by atoms with van der Waals surface area (Å²) >= 11 is 0. The monoisotopic (exact) mass is 289 g/mol. The molecule has 1 heterocycles. The number of nitrogens with zero attached hydrogens (tertiary/aromatic N) is 2. The van der Waals surface area contributed by atoms with Gasteiger partial charge in [0.15, 0.2) is 11.1 Å². The molecule has 6 nitrogen and oxygen atoms in total. The summed E-state index contributed by atoms with van der Waals surface area (Å²) < 4.78 is 5.59. The van der Waals surface area contributed by atoms with E-state index in [4.69, 9.17) is 4.42 Å². The first-order valence-corrected chi connectivity index (χ1v) is 7.25. The fraction of sp³-hybridized carbons (Fsp3) is 0.533. The summed E-state index contributed by atoms with van der Waals surface area (Å²) in [6.07, 6.45) is 4.44. The maximum absolute atomic E-state index is 11.0. The van der Waals surface area contributed by atoms with E-state index >= 15 is 0 Å². The average Bonchev–Trinajstić information content (AvgIpc) is 2.83. The van der Waals surface area contributed by atoms with Gasteiger partial charge >= 0.3 is 0 Å². The van der Waals surface area contributed by atoms with Gasteiger partial charge < -0.3 is 9.73 Å². The molecule has 0 atom stereocenters. The molecule has 0 radical (unpaired) electrons. The van der Waals surface area contributed by atoms with Crippen molar-refractivity contribution >= 4 is 22.8 Å². The molecule has 112 valence electrons. The summed E-state index contributed by atoms with van der Waals surface area (Å²) in [5, 5.41) is 14.3. The lowest BCUT2D eigenvalue weighted by Gasteiger charge is -2.34. The second kappa shape index (κ2) is 5.02. The Balaban J connectivity index is 1.79. The van der Waals surface area contributed by atoms with Crippen molar-refractivity contribution in [1.82, 2.24) is 4.98 Å². The van der Waals surface area contributed by atoms with Crippen LogP contribution in [0.5, 0.6) is 0 Å². The van der Waals surface area contributed by atoms with Crippen LogP contribution < -0.4 is 5.32 Å². The first-order valence-electron chi connectivity index (χ1n) is 7.25. The Kier molecular flexibility index (Phi) is 3.31. The summed E-state index contributed by atoms with van der Waals surface area (Å²) in [6.45, 7) is 4.57. The zero-order valence-electron chi connectivity index (χ0n) is 12.3. The molecule has 3 rings (SSSR count). The van der Waals surface area contributed by atoms with Crippen molar-refractivity contribution in [2.75, 3.05) is 5.32 Å². The molecule has 0 bridgehead atoms. The van der Waals surface area contributed by atoms with Crippen molar-refractivity contribution in [3.63, 3.8) is 0 Å². The van der Waals surface area contributed by atoms with Gasteiger partial charge in [0.05, 0.1) is 4.92 Å². The van der Waals surface area contributed by atoms with Crippen LogP contribution in [0.2, 0.25) is 0 Å². The van der Waals surface area contributed by atoms with Crippen LogP contribution in [0.25, 0.3) is 11.1 Å². The summed E-state index contributed by atoms with van der Waals surface area (Å²) in [5.41, 5.74) is 1.14. The first kappa shape index (κ1) is 13.9. The van der Waals surface area contributed by atoms with E-state index in [1.807, 2.05) is 0 Å². The summed E-state index contributed by atoms with van der Waals surface area (Å²) in [5.74, 6) is 0. The number of fused-ring (bicyclic) bond motifs is 1. The summed E-state index contributed by atoms with van der Waals surface area (Å²) in [4.78, 5) is 14.8. The van der Waals surface area contributed by atoms with Gasteiger partial charge in [-0.25, -0.2) is 0 Å². The fourth-order valence-corrected chi connectivity index (χ4v) is 2.86. The molecule has 0 aliphatic heterocycles. The summed E-state index contributed by atoms with van der Waals surface area (Å²) in [6, 6.07) is 5.45. The SMILES string of the molecule is CC1(C)CCC(Nc2nc3c([N+](=O)[O-])cccc3o2)CC1. The highest BCUT2D eigenvalue weighted by molar-refractivity contribution is 5.84. The molecular formula is C15H19N3O3. The lowest BCUT2D eigenvalue weighted by atomic mass is 9.76. The minimum atomic E-state index is -0.433. The van der Waals surface area contributed by atoms with Crippen LogP contribution in [-0.4, -0.2) is 15.9 Å². The average molecular weight is 289 g/mol. The standard InChI is InChI=1S/C15H19N3O3/c1-15(2)8-6-10(7-9-15)16-14-17-13-11(18(19)20)4-3-5-12(13)21-14/h3-5,10H,6-9H2,1-2H3,(H,16,17). The maximum Gasteiger partial charge on any atom is 0.298 e. The van der Waals surface area contributed by atoms with Gasteiger partial charge in [0.25, 0.3) is 11.7 Å². The third-order valence-corrected chi connectivity index (χ3v) is 4.26. The van der Waals surface area contributed by atoms with E-state index in [2.05, 4.69) is 24.1 Å². The number of nitro groups is 1. The lowest BCUT2D eigenvalue weighted by Crippen LogP contribution is -2.29. The van der Waals surface area contributed by atoms with E-state index in [0.717, 1.165) is 25.7 Å². The number of hydrogen-bond acceptors (Lipinski definition) is 5. The highest BCUT2D eigenvalue weighted by Crippen LogP contribution is 2.36. The van der Waals surface area contributed by atoms with Crippen molar-refractivity contribution in [1.29, 1.82) is 0 Å². The van der Waals surface area contributed by atoms with Gasteiger partial charge in [-0.1, -0.05) is 19.9 Å². The normalized spacial score (nSPS) is 18.8. The van der Waals surface area contributed by atoms with Crippen molar-refractivity contribution in [2.24, 2.45) is 5.41 Å². The Labute approximate surface area is 122 Å². The van der Waals surface area contributed by atoms with Crippen molar-refractivity contribution in [3.8, 4) is 0 Å². The molecule has 0 spiro atoms. The van der Waals surface area contributed by atoms with Crippen molar-refractivity contribution in [3.05, 3.63) is 28.3 Å². The number of aromatic nitrogens is 1. The molecule has 0 unspecified atom stereocenters. The molecule has 1 fully saturated rings. The number of para-hydroxylation sites is 1. The quantitative estimate of drug-likeness (QED) is 0.679. The second-order valence-electron chi connectivity index (χ2n) is 6.48. The second-order valence-corrected chi connectivity index (χ2v) is 6.48. The minimum Gasteiger partial charge on any atom is -0.423 e. The highest BCUT2D eigenvalue weighted by atomic mass is 16.6. The molecule has 6 heteroatoms. The number of rotatable bonds is 3. The predicted molar refractivity (Wildman–Crippen MR) is 80.3 cm³/mol. The number of non-ortho nitro benzene ring substituents is 1. The fourth-order valence-electron chi connectivity index (χ4n) is 2.86. The van der Waals surface area contributed by atoms with E-state index in [-0.39, 0.29) is 5.69 Å². The molecular weight excluding hydrogens is 270 g/mol. The van der Waals surface area contributed by atoms with Crippen LogP contribution in [0.3, 0.4) is 0 Å². The number of nitro benzene ring substituents is 1. The topological polar surface area (TPSA) is 81.2 Å². The Bertz CT molecular complexity index is 668. The Hall–Kier alpha value is -2.11. The molecule has 1 aromatic heterocycles. The Morgan fingerprint density at radius 2 is 2.10 bits per heavy atom. The van der Waals surface area contributed by atoms with Crippen molar-refractivity contribution < 1.29 is 9.34 Å². The van der Waals surface area contributed by atoms with E-state index in [0.29, 0.717) is 28.6 Å². The van der Waals surface area contributed by atoms with Gasteiger partial charge in [-0.15, -0.1) is 0 Å². The van der Waals surface area contributed by atoms with Gasteiger partial charge in [-0.3, -0.25) is 10.1 Å². The lowest BCUT2D eigenvalue weighted by molar-refractivity contribution is -0.383. The molecule has 1 aliphatic carbocycles. The minimum absolute atomic E-state index is 0.0194. The Morgan fingerprint density at radius 1 is 1.38 bits per heavy atom. The number of anilines is 1. The van der Waals surface area contributed by atoms with E-state index < -0.39 is 4.92 Å². The molecule has 0 amide bonds. The van der Waals surface area contributed by atoms with Crippen LogP contribution in [0.4, 0.5) is 11.7 Å². The zero-order chi connectivity index (χ0) is 15.0. The number of oxazole rings is 1. The van der Waals surface area contributed by atoms with Crippen LogP contribution in [0.15, 0.2) is 22.6 Å². The molecule has 1 N–H and O–H groups in total. The Morgan fingerprint density at radius 3 is 2.76 bits per heavy atom. The third-order valence-electron chi connectivity index (χ3n) is 4.26.